The van der Waals surface area contributed by atoms with Crippen molar-refractivity contribution in [3.8, 4) is 0 Å². The van der Waals surface area contributed by atoms with Crippen LogP contribution >= 0.6 is 0 Å². The van der Waals surface area contributed by atoms with E-state index in [1.54, 1.807) is 0 Å². The monoisotopic (exact) mass is 300 g/mol. The second kappa shape index (κ2) is 7.58. The van der Waals surface area contributed by atoms with E-state index in [0.29, 0.717) is 6.54 Å². The molecule has 0 aromatic heterocycles. The lowest BCUT2D eigenvalue weighted by Crippen LogP contribution is -2.35. The predicted octanol–water partition coefficient (Wildman–Crippen LogP) is 0.556. The third-order valence-corrected chi connectivity index (χ3v) is 4.25. The van der Waals surface area contributed by atoms with E-state index >= 15 is 0 Å². The standard InChI is InChI=1S/C13H24N4O2S/c1-16(2)10-9-14-13-7-5-12(6-8-13)11-15-20(18,19)17(3)4/h5-8,14-15H,9-11H2,1-4H3. The topological polar surface area (TPSA) is 64.7 Å². The molecule has 1 aromatic rings. The van der Waals surface area contributed by atoms with Crippen molar-refractivity contribution in [2.45, 2.75) is 6.54 Å². The first-order valence-electron chi connectivity index (χ1n) is 6.46. The van der Waals surface area contributed by atoms with Crippen LogP contribution in [0.2, 0.25) is 0 Å². The Hall–Kier alpha value is -1.15. The van der Waals surface area contributed by atoms with Gasteiger partial charge in [-0.15, -0.1) is 0 Å². The Balaban J connectivity index is 2.47. The molecule has 0 heterocycles. The van der Waals surface area contributed by atoms with Crippen LogP contribution in [0.25, 0.3) is 0 Å². The zero-order valence-electron chi connectivity index (χ0n) is 12.5. The fourth-order valence-corrected chi connectivity index (χ4v) is 2.08. The van der Waals surface area contributed by atoms with Gasteiger partial charge in [0.05, 0.1) is 0 Å². The maximum Gasteiger partial charge on any atom is 0.279 e. The summed E-state index contributed by atoms with van der Waals surface area (Å²) in [5, 5.41) is 3.31. The Labute approximate surface area is 122 Å². The molecule has 0 unspecified atom stereocenters. The van der Waals surface area contributed by atoms with Crippen LogP contribution in [0.4, 0.5) is 5.69 Å². The quantitative estimate of drug-likeness (QED) is 0.736. The zero-order valence-corrected chi connectivity index (χ0v) is 13.4. The van der Waals surface area contributed by atoms with Crippen molar-refractivity contribution in [1.82, 2.24) is 13.9 Å². The first-order chi connectivity index (χ1) is 9.31. The normalized spacial score (nSPS) is 12.1. The van der Waals surface area contributed by atoms with Gasteiger partial charge < -0.3 is 10.2 Å². The van der Waals surface area contributed by atoms with E-state index in [9.17, 15) is 8.42 Å². The molecule has 114 valence electrons. The van der Waals surface area contributed by atoms with Crippen LogP contribution in [-0.4, -0.2) is 58.9 Å². The fraction of sp³-hybridized carbons (Fsp3) is 0.538. The molecule has 0 fully saturated rings. The lowest BCUT2D eigenvalue weighted by molar-refractivity contribution is 0.425. The van der Waals surface area contributed by atoms with Crippen molar-refractivity contribution in [3.63, 3.8) is 0 Å². The number of likely N-dealkylation sites (N-methyl/N-ethyl adjacent to an activating group) is 1. The van der Waals surface area contributed by atoms with Gasteiger partial charge in [-0.2, -0.15) is 17.4 Å². The smallest absolute Gasteiger partial charge is 0.279 e. The maximum absolute atomic E-state index is 11.6. The highest BCUT2D eigenvalue weighted by Gasteiger charge is 2.11. The van der Waals surface area contributed by atoms with Crippen LogP contribution in [0.5, 0.6) is 0 Å². The molecule has 1 aromatic carbocycles. The van der Waals surface area contributed by atoms with Crippen LogP contribution in [0.1, 0.15) is 5.56 Å². The molecule has 1 rings (SSSR count). The minimum Gasteiger partial charge on any atom is -0.384 e. The molecule has 0 atom stereocenters. The minimum atomic E-state index is -3.37. The van der Waals surface area contributed by atoms with Crippen LogP contribution in [0, 0.1) is 0 Å². The summed E-state index contributed by atoms with van der Waals surface area (Å²) < 4.78 is 26.8. The van der Waals surface area contributed by atoms with Crippen LogP contribution in [0.3, 0.4) is 0 Å². The molecular formula is C13H24N4O2S. The average Bonchev–Trinajstić information content (AvgIpc) is 2.37. The molecule has 20 heavy (non-hydrogen) atoms. The summed E-state index contributed by atoms with van der Waals surface area (Å²) in [6, 6.07) is 7.73. The molecule has 7 heteroatoms. The van der Waals surface area contributed by atoms with Gasteiger partial charge in [-0.25, -0.2) is 0 Å². The number of hydrogen-bond acceptors (Lipinski definition) is 4. The molecular weight excluding hydrogens is 276 g/mol. The Bertz CT molecular complexity index is 498. The van der Waals surface area contributed by atoms with Crippen molar-refractivity contribution in [2.24, 2.45) is 0 Å². The van der Waals surface area contributed by atoms with Crippen molar-refractivity contribution in [3.05, 3.63) is 29.8 Å². The van der Waals surface area contributed by atoms with Gasteiger partial charge in [0, 0.05) is 39.4 Å². The maximum atomic E-state index is 11.6. The molecule has 0 bridgehead atoms. The van der Waals surface area contributed by atoms with Crippen molar-refractivity contribution < 1.29 is 8.42 Å². The van der Waals surface area contributed by atoms with Crippen molar-refractivity contribution in [2.75, 3.05) is 46.6 Å². The SMILES string of the molecule is CN(C)CCNc1ccc(CNS(=O)(=O)N(C)C)cc1. The highest BCUT2D eigenvalue weighted by molar-refractivity contribution is 7.87. The number of anilines is 1. The number of hydrogen-bond donors (Lipinski definition) is 2. The first-order valence-corrected chi connectivity index (χ1v) is 7.90. The summed E-state index contributed by atoms with van der Waals surface area (Å²) in [5.74, 6) is 0. The molecule has 0 aliphatic carbocycles. The Morgan fingerprint density at radius 3 is 2.15 bits per heavy atom. The van der Waals surface area contributed by atoms with E-state index < -0.39 is 10.2 Å². The molecule has 0 spiro atoms. The van der Waals surface area contributed by atoms with Gasteiger partial charge in [0.15, 0.2) is 0 Å². The minimum absolute atomic E-state index is 0.290. The van der Waals surface area contributed by atoms with Crippen LogP contribution in [-0.2, 0) is 16.8 Å². The Morgan fingerprint density at radius 2 is 1.65 bits per heavy atom. The molecule has 0 radical (unpaired) electrons. The first kappa shape index (κ1) is 16.9. The van der Waals surface area contributed by atoms with E-state index in [-0.39, 0.29) is 0 Å². The average molecular weight is 300 g/mol. The fourth-order valence-electron chi connectivity index (χ4n) is 1.47. The molecule has 0 aliphatic heterocycles. The zero-order chi connectivity index (χ0) is 15.2. The highest BCUT2D eigenvalue weighted by Crippen LogP contribution is 2.09. The van der Waals surface area contributed by atoms with Crippen LogP contribution < -0.4 is 10.0 Å². The largest absolute Gasteiger partial charge is 0.384 e. The van der Waals surface area contributed by atoms with Crippen molar-refractivity contribution >= 4 is 15.9 Å². The number of rotatable bonds is 8. The summed E-state index contributed by atoms with van der Waals surface area (Å²) in [6.07, 6.45) is 0. The second-order valence-electron chi connectivity index (χ2n) is 5.04. The van der Waals surface area contributed by atoms with Crippen LogP contribution in [0.15, 0.2) is 24.3 Å². The van der Waals surface area contributed by atoms with Crippen molar-refractivity contribution in [1.29, 1.82) is 0 Å². The number of benzene rings is 1. The highest BCUT2D eigenvalue weighted by atomic mass is 32.2. The molecule has 6 nitrogen and oxygen atoms in total. The summed E-state index contributed by atoms with van der Waals surface area (Å²) in [4.78, 5) is 2.11. The summed E-state index contributed by atoms with van der Waals surface area (Å²) in [5.41, 5.74) is 1.96. The molecule has 0 aliphatic rings. The lowest BCUT2D eigenvalue weighted by atomic mass is 10.2. The lowest BCUT2D eigenvalue weighted by Gasteiger charge is -2.13. The summed E-state index contributed by atoms with van der Waals surface area (Å²) >= 11 is 0. The van der Waals surface area contributed by atoms with E-state index in [0.717, 1.165) is 28.6 Å². The van der Waals surface area contributed by atoms with E-state index in [1.165, 1.54) is 14.1 Å². The molecule has 0 saturated heterocycles. The number of nitrogens with zero attached hydrogens (tertiary/aromatic N) is 2. The number of nitrogens with one attached hydrogen (secondary N) is 2. The van der Waals surface area contributed by atoms with E-state index in [2.05, 4.69) is 14.9 Å². The predicted molar refractivity (Wildman–Crippen MR) is 82.9 cm³/mol. The Kier molecular flexibility index (Phi) is 6.41. The molecule has 0 amide bonds. The third kappa shape index (κ3) is 5.87. The second-order valence-corrected chi connectivity index (χ2v) is 7.00. The van der Waals surface area contributed by atoms with E-state index in [1.807, 2.05) is 38.4 Å². The van der Waals surface area contributed by atoms with Gasteiger partial charge in [-0.1, -0.05) is 12.1 Å². The van der Waals surface area contributed by atoms with Gasteiger partial charge in [0.1, 0.15) is 0 Å². The summed E-state index contributed by atoms with van der Waals surface area (Å²) in [7, 11) is 3.69. The van der Waals surface area contributed by atoms with Gasteiger partial charge in [0.2, 0.25) is 0 Å². The van der Waals surface area contributed by atoms with E-state index in [4.69, 9.17) is 0 Å². The van der Waals surface area contributed by atoms with Gasteiger partial charge in [-0.05, 0) is 31.8 Å². The van der Waals surface area contributed by atoms with Gasteiger partial charge in [0.25, 0.3) is 10.2 Å². The van der Waals surface area contributed by atoms with Gasteiger partial charge >= 0.3 is 0 Å². The summed E-state index contributed by atoms with van der Waals surface area (Å²) in [6.45, 7) is 2.13. The molecule has 0 saturated carbocycles. The molecule has 2 N–H and O–H groups in total. The Morgan fingerprint density at radius 1 is 1.05 bits per heavy atom. The third-order valence-electron chi connectivity index (χ3n) is 2.78. The van der Waals surface area contributed by atoms with Gasteiger partial charge in [-0.3, -0.25) is 0 Å².